The van der Waals surface area contributed by atoms with Crippen molar-refractivity contribution in [2.24, 2.45) is 0 Å². The minimum Gasteiger partial charge on any atom is -0.497 e. The number of rotatable bonds is 6. The maximum Gasteiger partial charge on any atom is 0.151 e. The molecule has 1 aliphatic heterocycles. The highest BCUT2D eigenvalue weighted by molar-refractivity contribution is 5.37. The number of ether oxygens (including phenoxy) is 1. The quantitative estimate of drug-likeness (QED) is 0.884. The minimum atomic E-state index is 0.435. The third-order valence-corrected chi connectivity index (χ3v) is 4.52. The lowest BCUT2D eigenvalue weighted by molar-refractivity contribution is 0.380. The Morgan fingerprint density at radius 2 is 2.12 bits per heavy atom. The Labute approximate surface area is 144 Å². The van der Waals surface area contributed by atoms with E-state index in [-0.39, 0.29) is 0 Å². The molecule has 2 aromatic rings. The standard InChI is InChI=1S/C19H26N4O/c1-15(13-16-7-9-18(24-2)10-8-16)21-17-5-4-12-23(14-17)19-6-3-11-20-22-19/h3,6-11,15,17,21H,4-5,12-14H2,1-2H3/t15-,17+/m1/s1. The molecule has 0 saturated carbocycles. The summed E-state index contributed by atoms with van der Waals surface area (Å²) >= 11 is 0. The van der Waals surface area contributed by atoms with E-state index < -0.39 is 0 Å². The second-order valence-electron chi connectivity index (χ2n) is 6.49. The molecule has 24 heavy (non-hydrogen) atoms. The van der Waals surface area contributed by atoms with E-state index in [9.17, 15) is 0 Å². The van der Waals surface area contributed by atoms with Gasteiger partial charge in [0, 0.05) is 31.4 Å². The Balaban J connectivity index is 1.52. The van der Waals surface area contributed by atoms with Crippen LogP contribution >= 0.6 is 0 Å². The first-order chi connectivity index (χ1) is 11.7. The Hall–Kier alpha value is -2.14. The molecule has 0 unspecified atom stereocenters. The highest BCUT2D eigenvalue weighted by Gasteiger charge is 2.22. The van der Waals surface area contributed by atoms with Crippen LogP contribution in [0.25, 0.3) is 0 Å². The molecule has 128 valence electrons. The molecule has 0 amide bonds. The third-order valence-electron chi connectivity index (χ3n) is 4.52. The summed E-state index contributed by atoms with van der Waals surface area (Å²) in [6.45, 7) is 4.31. The number of benzene rings is 1. The van der Waals surface area contributed by atoms with Crippen molar-refractivity contribution in [2.45, 2.75) is 38.3 Å². The predicted molar refractivity (Wildman–Crippen MR) is 96.6 cm³/mol. The van der Waals surface area contributed by atoms with Crippen molar-refractivity contribution in [3.8, 4) is 5.75 Å². The fourth-order valence-electron chi connectivity index (χ4n) is 3.36. The molecular formula is C19H26N4O. The number of hydrogen-bond donors (Lipinski definition) is 1. The smallest absolute Gasteiger partial charge is 0.151 e. The second-order valence-corrected chi connectivity index (χ2v) is 6.49. The fourth-order valence-corrected chi connectivity index (χ4v) is 3.36. The number of aromatic nitrogens is 2. The lowest BCUT2D eigenvalue weighted by atomic mass is 10.0. The second kappa shape index (κ2) is 8.11. The summed E-state index contributed by atoms with van der Waals surface area (Å²) in [6, 6.07) is 13.3. The van der Waals surface area contributed by atoms with Crippen LogP contribution in [0.3, 0.4) is 0 Å². The molecule has 2 atom stereocenters. The molecule has 3 rings (SSSR count). The molecule has 1 aliphatic rings. The summed E-state index contributed by atoms with van der Waals surface area (Å²) in [5.74, 6) is 1.89. The van der Waals surface area contributed by atoms with Crippen LogP contribution < -0.4 is 15.0 Å². The van der Waals surface area contributed by atoms with E-state index in [1.807, 2.05) is 24.3 Å². The summed E-state index contributed by atoms with van der Waals surface area (Å²) in [7, 11) is 1.70. The SMILES string of the molecule is COc1ccc(C[C@@H](C)N[C@H]2CCCN(c3cccnn3)C2)cc1. The molecule has 0 radical (unpaired) electrons. The van der Waals surface area contributed by atoms with Crippen LogP contribution in [0.4, 0.5) is 5.82 Å². The Morgan fingerprint density at radius 3 is 2.83 bits per heavy atom. The number of anilines is 1. The first kappa shape index (κ1) is 16.7. The molecule has 0 aliphatic carbocycles. The summed E-state index contributed by atoms with van der Waals surface area (Å²) < 4.78 is 5.22. The number of piperidine rings is 1. The molecule has 1 aromatic carbocycles. The maximum absolute atomic E-state index is 5.22. The van der Waals surface area contributed by atoms with Crippen molar-refractivity contribution in [2.75, 3.05) is 25.1 Å². The van der Waals surface area contributed by atoms with Crippen LogP contribution in [0, 0.1) is 0 Å². The third kappa shape index (κ3) is 4.45. The van der Waals surface area contributed by atoms with Crippen molar-refractivity contribution in [1.82, 2.24) is 15.5 Å². The maximum atomic E-state index is 5.22. The Bertz CT molecular complexity index is 617. The molecule has 1 fully saturated rings. The van der Waals surface area contributed by atoms with Gasteiger partial charge in [0.05, 0.1) is 7.11 Å². The van der Waals surface area contributed by atoms with E-state index in [2.05, 4.69) is 39.5 Å². The Kier molecular flexibility index (Phi) is 5.64. The van der Waals surface area contributed by atoms with Gasteiger partial charge in [-0.3, -0.25) is 0 Å². The van der Waals surface area contributed by atoms with Crippen molar-refractivity contribution in [3.05, 3.63) is 48.2 Å². The molecule has 1 aromatic heterocycles. The van der Waals surface area contributed by atoms with Crippen LogP contribution in [0.1, 0.15) is 25.3 Å². The van der Waals surface area contributed by atoms with Gasteiger partial charge in [-0.1, -0.05) is 12.1 Å². The predicted octanol–water partition coefficient (Wildman–Crippen LogP) is 2.67. The Morgan fingerprint density at radius 1 is 1.29 bits per heavy atom. The van der Waals surface area contributed by atoms with Crippen LogP contribution in [-0.2, 0) is 6.42 Å². The van der Waals surface area contributed by atoms with Gasteiger partial charge >= 0.3 is 0 Å². The summed E-state index contributed by atoms with van der Waals surface area (Å²) in [6.07, 6.45) is 5.14. The number of nitrogens with one attached hydrogen (secondary N) is 1. The van der Waals surface area contributed by atoms with Gasteiger partial charge in [0.25, 0.3) is 0 Å². The average Bonchev–Trinajstić information content (AvgIpc) is 2.63. The van der Waals surface area contributed by atoms with E-state index in [4.69, 9.17) is 4.74 Å². The van der Waals surface area contributed by atoms with Crippen molar-refractivity contribution >= 4 is 5.82 Å². The summed E-state index contributed by atoms with van der Waals surface area (Å²) in [5, 5.41) is 12.0. The minimum absolute atomic E-state index is 0.435. The fraction of sp³-hybridized carbons (Fsp3) is 0.474. The molecule has 1 N–H and O–H groups in total. The lowest BCUT2D eigenvalue weighted by Gasteiger charge is -2.35. The van der Waals surface area contributed by atoms with E-state index in [1.54, 1.807) is 13.3 Å². The highest BCUT2D eigenvalue weighted by Crippen LogP contribution is 2.18. The van der Waals surface area contributed by atoms with Gasteiger partial charge in [-0.05, 0) is 56.0 Å². The zero-order chi connectivity index (χ0) is 16.8. The number of nitrogens with zero attached hydrogens (tertiary/aromatic N) is 3. The number of hydrogen-bond acceptors (Lipinski definition) is 5. The highest BCUT2D eigenvalue weighted by atomic mass is 16.5. The van der Waals surface area contributed by atoms with Gasteiger partial charge in [-0.15, -0.1) is 5.10 Å². The van der Waals surface area contributed by atoms with Gasteiger partial charge in [0.15, 0.2) is 5.82 Å². The summed E-state index contributed by atoms with van der Waals surface area (Å²) in [4.78, 5) is 2.33. The molecule has 2 heterocycles. The first-order valence-corrected chi connectivity index (χ1v) is 8.66. The number of methoxy groups -OCH3 is 1. The van der Waals surface area contributed by atoms with Gasteiger partial charge in [-0.25, -0.2) is 0 Å². The van der Waals surface area contributed by atoms with E-state index in [0.717, 1.165) is 31.1 Å². The van der Waals surface area contributed by atoms with E-state index in [0.29, 0.717) is 12.1 Å². The van der Waals surface area contributed by atoms with Gasteiger partial charge in [0.1, 0.15) is 5.75 Å². The van der Waals surface area contributed by atoms with Crippen LogP contribution in [0.2, 0.25) is 0 Å². The topological polar surface area (TPSA) is 50.3 Å². The lowest BCUT2D eigenvalue weighted by Crippen LogP contribution is -2.49. The molecule has 5 nitrogen and oxygen atoms in total. The summed E-state index contributed by atoms with van der Waals surface area (Å²) in [5.41, 5.74) is 1.33. The molecule has 0 bridgehead atoms. The zero-order valence-corrected chi connectivity index (χ0v) is 14.5. The van der Waals surface area contributed by atoms with Gasteiger partial charge in [0.2, 0.25) is 0 Å². The average molecular weight is 326 g/mol. The van der Waals surface area contributed by atoms with Crippen molar-refractivity contribution < 1.29 is 4.74 Å². The van der Waals surface area contributed by atoms with Gasteiger partial charge in [-0.2, -0.15) is 5.10 Å². The van der Waals surface area contributed by atoms with E-state index >= 15 is 0 Å². The molecule has 5 heteroatoms. The van der Waals surface area contributed by atoms with Gasteiger partial charge < -0.3 is 15.0 Å². The van der Waals surface area contributed by atoms with E-state index in [1.165, 1.54) is 18.4 Å². The normalized spacial score (nSPS) is 19.1. The molecule has 0 spiro atoms. The largest absolute Gasteiger partial charge is 0.497 e. The zero-order valence-electron chi connectivity index (χ0n) is 14.5. The first-order valence-electron chi connectivity index (χ1n) is 8.66. The molecule has 1 saturated heterocycles. The van der Waals surface area contributed by atoms with Crippen LogP contribution in [0.15, 0.2) is 42.6 Å². The van der Waals surface area contributed by atoms with Crippen LogP contribution in [-0.4, -0.2) is 42.5 Å². The van der Waals surface area contributed by atoms with Crippen LogP contribution in [0.5, 0.6) is 5.75 Å². The van der Waals surface area contributed by atoms with Crippen molar-refractivity contribution in [3.63, 3.8) is 0 Å². The monoisotopic (exact) mass is 326 g/mol. The molecular weight excluding hydrogens is 300 g/mol. The van der Waals surface area contributed by atoms with Crippen molar-refractivity contribution in [1.29, 1.82) is 0 Å².